The van der Waals surface area contributed by atoms with E-state index < -0.39 is 11.4 Å². The van der Waals surface area contributed by atoms with Crippen LogP contribution in [0.25, 0.3) is 10.9 Å². The van der Waals surface area contributed by atoms with Gasteiger partial charge >= 0.3 is 0 Å². The van der Waals surface area contributed by atoms with Crippen molar-refractivity contribution in [2.45, 2.75) is 39.7 Å². The number of Topliss-reactive ketones (excluding diaryl/α,β-unsaturated/α-hetero) is 1. The monoisotopic (exact) mass is 353 g/mol. The third kappa shape index (κ3) is 3.69. The average molecular weight is 353 g/mol. The summed E-state index contributed by atoms with van der Waals surface area (Å²) in [6, 6.07) is 9.88. The molecule has 0 aliphatic heterocycles. The first kappa shape index (κ1) is 17.9. The molecule has 0 spiro atoms. The predicted octanol–water partition coefficient (Wildman–Crippen LogP) is 3.31. The van der Waals surface area contributed by atoms with Crippen molar-refractivity contribution < 1.29 is 9.18 Å². The predicted molar refractivity (Wildman–Crippen MR) is 97.7 cm³/mol. The average Bonchev–Trinajstić information content (AvgIpc) is 2.57. The quantitative estimate of drug-likeness (QED) is 0.706. The number of rotatable bonds is 5. The molecule has 0 aliphatic rings. The number of fused-ring (bicyclic) bond motifs is 1. The van der Waals surface area contributed by atoms with Crippen molar-refractivity contribution in [1.82, 2.24) is 15.0 Å². The molecule has 5 nitrogen and oxygen atoms in total. The summed E-state index contributed by atoms with van der Waals surface area (Å²) >= 11 is 0. The van der Waals surface area contributed by atoms with Gasteiger partial charge in [-0.3, -0.25) is 9.59 Å². The number of ketones is 1. The van der Waals surface area contributed by atoms with Crippen LogP contribution < -0.4 is 5.56 Å². The van der Waals surface area contributed by atoms with Crippen molar-refractivity contribution in [2.24, 2.45) is 0 Å². The molecule has 3 rings (SSSR count). The van der Waals surface area contributed by atoms with Crippen molar-refractivity contribution in [1.29, 1.82) is 0 Å². The second-order valence-electron chi connectivity index (χ2n) is 6.72. The maximum Gasteiger partial charge on any atom is 0.278 e. The Balaban J connectivity index is 1.78. The van der Waals surface area contributed by atoms with Gasteiger partial charge in [0.15, 0.2) is 5.78 Å². The number of nitrogens with zero attached hydrogens (tertiary/aromatic N) is 3. The number of hydrogen-bond donors (Lipinski definition) is 0. The first-order valence-electron chi connectivity index (χ1n) is 8.47. The molecule has 3 aromatic rings. The van der Waals surface area contributed by atoms with E-state index in [2.05, 4.69) is 16.4 Å². The third-order valence-corrected chi connectivity index (χ3v) is 4.50. The van der Waals surface area contributed by atoms with Gasteiger partial charge in [-0.05, 0) is 49.1 Å². The van der Waals surface area contributed by atoms with Crippen LogP contribution in [0.2, 0.25) is 0 Å². The normalized spacial score (nSPS) is 12.3. The summed E-state index contributed by atoms with van der Waals surface area (Å²) in [7, 11) is 0. The zero-order valence-corrected chi connectivity index (χ0v) is 15.0. The minimum Gasteiger partial charge on any atom is -0.298 e. The van der Waals surface area contributed by atoms with E-state index in [0.717, 1.165) is 21.9 Å². The fourth-order valence-corrected chi connectivity index (χ4v) is 3.21. The van der Waals surface area contributed by atoms with Gasteiger partial charge in [0.05, 0.1) is 5.39 Å². The summed E-state index contributed by atoms with van der Waals surface area (Å²) in [6.07, 6.45) is 0.291. The van der Waals surface area contributed by atoms with E-state index in [1.165, 1.54) is 17.7 Å². The molecule has 26 heavy (non-hydrogen) atoms. The summed E-state index contributed by atoms with van der Waals surface area (Å²) in [6.45, 7) is 5.87. The van der Waals surface area contributed by atoms with Crippen molar-refractivity contribution in [2.75, 3.05) is 0 Å². The Morgan fingerprint density at radius 3 is 2.69 bits per heavy atom. The van der Waals surface area contributed by atoms with E-state index in [1.807, 2.05) is 32.9 Å². The number of halogens is 1. The molecule has 2 aromatic carbocycles. The highest BCUT2D eigenvalue weighted by Crippen LogP contribution is 2.23. The molecule has 0 bridgehead atoms. The lowest BCUT2D eigenvalue weighted by molar-refractivity contribution is -0.120. The first-order valence-corrected chi connectivity index (χ1v) is 8.47. The number of aromatic nitrogens is 3. The molecule has 6 heteroatoms. The Morgan fingerprint density at radius 2 is 1.96 bits per heavy atom. The molecule has 134 valence electrons. The van der Waals surface area contributed by atoms with Gasteiger partial charge in [0.2, 0.25) is 0 Å². The lowest BCUT2D eigenvalue weighted by atomic mass is 9.91. The van der Waals surface area contributed by atoms with Gasteiger partial charge in [-0.1, -0.05) is 35.9 Å². The molecule has 1 heterocycles. The molecule has 0 radical (unpaired) electrons. The van der Waals surface area contributed by atoms with Crippen LogP contribution >= 0.6 is 0 Å². The van der Waals surface area contributed by atoms with Crippen LogP contribution in [0.15, 0.2) is 41.2 Å². The molecule has 0 amide bonds. The SMILES string of the molecule is Cc1ccc([C@H](C)CC(=O)Cn2nnc3ccc(F)cc3c2=O)c(C)c1. The molecule has 0 aliphatic carbocycles. The topological polar surface area (TPSA) is 64.8 Å². The lowest BCUT2D eigenvalue weighted by Gasteiger charge is -2.15. The Labute approximate surface area is 150 Å². The van der Waals surface area contributed by atoms with Gasteiger partial charge in [-0.15, -0.1) is 5.10 Å². The summed E-state index contributed by atoms with van der Waals surface area (Å²) < 4.78 is 14.4. The number of carbonyl (C=O) groups excluding carboxylic acids is 1. The summed E-state index contributed by atoms with van der Waals surface area (Å²) in [5.41, 5.74) is 3.23. The Hall–Kier alpha value is -2.89. The summed E-state index contributed by atoms with van der Waals surface area (Å²) in [4.78, 5) is 24.8. The molecule has 0 N–H and O–H groups in total. The Kier molecular flexibility index (Phi) is 4.93. The third-order valence-electron chi connectivity index (χ3n) is 4.50. The molecule has 0 saturated heterocycles. The molecule has 0 unspecified atom stereocenters. The fraction of sp³-hybridized carbons (Fsp3) is 0.300. The number of aryl methyl sites for hydroxylation is 2. The van der Waals surface area contributed by atoms with Crippen molar-refractivity contribution in [3.8, 4) is 0 Å². The summed E-state index contributed by atoms with van der Waals surface area (Å²) in [5, 5.41) is 7.81. The zero-order valence-electron chi connectivity index (χ0n) is 15.0. The van der Waals surface area contributed by atoms with E-state index >= 15 is 0 Å². The smallest absolute Gasteiger partial charge is 0.278 e. The van der Waals surface area contributed by atoms with Gasteiger partial charge in [-0.25, -0.2) is 9.07 Å². The van der Waals surface area contributed by atoms with E-state index in [-0.39, 0.29) is 23.6 Å². The maximum absolute atomic E-state index is 13.4. The van der Waals surface area contributed by atoms with Gasteiger partial charge < -0.3 is 0 Å². The molecule has 0 saturated carbocycles. The first-order chi connectivity index (χ1) is 12.3. The van der Waals surface area contributed by atoms with Crippen molar-refractivity contribution >= 4 is 16.7 Å². The zero-order chi connectivity index (χ0) is 18.8. The highest BCUT2D eigenvalue weighted by molar-refractivity contribution is 5.80. The number of hydrogen-bond acceptors (Lipinski definition) is 4. The van der Waals surface area contributed by atoms with E-state index in [9.17, 15) is 14.0 Å². The van der Waals surface area contributed by atoms with Gasteiger partial charge in [-0.2, -0.15) is 0 Å². The second-order valence-corrected chi connectivity index (χ2v) is 6.72. The van der Waals surface area contributed by atoms with Crippen molar-refractivity contribution in [3.05, 3.63) is 69.3 Å². The van der Waals surface area contributed by atoms with E-state index in [0.29, 0.717) is 11.9 Å². The molecule has 1 aromatic heterocycles. The Bertz CT molecular complexity index is 1040. The second kappa shape index (κ2) is 7.15. The summed E-state index contributed by atoms with van der Waals surface area (Å²) in [5.74, 6) is -0.613. The minimum absolute atomic E-state index is 0.0321. The van der Waals surface area contributed by atoms with Gasteiger partial charge in [0.1, 0.15) is 17.9 Å². The highest BCUT2D eigenvalue weighted by Gasteiger charge is 2.16. The maximum atomic E-state index is 13.4. The van der Waals surface area contributed by atoms with Crippen LogP contribution in [0.3, 0.4) is 0 Å². The largest absolute Gasteiger partial charge is 0.298 e. The van der Waals surface area contributed by atoms with Gasteiger partial charge in [0, 0.05) is 6.42 Å². The van der Waals surface area contributed by atoms with Crippen LogP contribution in [0.5, 0.6) is 0 Å². The molecule has 0 fully saturated rings. The standard InChI is InChI=1S/C20H20FN3O2/c1-12-4-6-17(13(2)8-12)14(3)9-16(25)11-24-20(26)18-10-15(21)5-7-19(18)22-23-24/h4-8,10,14H,9,11H2,1-3H3/t14-/m1/s1. The molecule has 1 atom stereocenters. The van der Waals surface area contributed by atoms with Crippen LogP contribution in [-0.4, -0.2) is 20.8 Å². The van der Waals surface area contributed by atoms with E-state index in [1.54, 1.807) is 0 Å². The van der Waals surface area contributed by atoms with Gasteiger partial charge in [0.25, 0.3) is 5.56 Å². The number of carbonyl (C=O) groups is 1. The number of benzene rings is 2. The highest BCUT2D eigenvalue weighted by atomic mass is 19.1. The van der Waals surface area contributed by atoms with Crippen LogP contribution in [-0.2, 0) is 11.3 Å². The van der Waals surface area contributed by atoms with E-state index in [4.69, 9.17) is 0 Å². The van der Waals surface area contributed by atoms with Crippen molar-refractivity contribution in [3.63, 3.8) is 0 Å². The lowest BCUT2D eigenvalue weighted by Crippen LogP contribution is -2.28. The minimum atomic E-state index is -0.524. The fourth-order valence-electron chi connectivity index (χ4n) is 3.21. The molecular weight excluding hydrogens is 333 g/mol. The van der Waals surface area contributed by atoms with Crippen LogP contribution in [0, 0.1) is 19.7 Å². The van der Waals surface area contributed by atoms with Crippen LogP contribution in [0.4, 0.5) is 4.39 Å². The van der Waals surface area contributed by atoms with Crippen LogP contribution in [0.1, 0.15) is 36.0 Å². The Morgan fingerprint density at radius 1 is 1.19 bits per heavy atom. The molecular formula is C20H20FN3O2.